The molecule has 0 radical (unpaired) electrons. The number of rotatable bonds is 3. The highest BCUT2D eigenvalue weighted by atomic mass is 79.9. The lowest BCUT2D eigenvalue weighted by Gasteiger charge is -2.10. The lowest BCUT2D eigenvalue weighted by Crippen LogP contribution is -2.15. The van der Waals surface area contributed by atoms with Crippen LogP contribution in [0.25, 0.3) is 11.0 Å². The van der Waals surface area contributed by atoms with E-state index in [4.69, 9.17) is 0 Å². The highest BCUT2D eigenvalue weighted by molar-refractivity contribution is 9.10. The Morgan fingerprint density at radius 2 is 1.90 bits per heavy atom. The van der Waals surface area contributed by atoms with Gasteiger partial charge in [-0.1, -0.05) is 12.1 Å². The van der Waals surface area contributed by atoms with Crippen LogP contribution < -0.4 is 0 Å². The van der Waals surface area contributed by atoms with Crippen LogP contribution in [0.3, 0.4) is 0 Å². The molecule has 0 amide bonds. The fourth-order valence-corrected chi connectivity index (χ4v) is 2.59. The van der Waals surface area contributed by atoms with E-state index in [9.17, 15) is 4.79 Å². The van der Waals surface area contributed by atoms with Crippen molar-refractivity contribution in [2.75, 3.05) is 0 Å². The second-order valence-corrected chi connectivity index (χ2v) is 5.81. The Kier molecular flexibility index (Phi) is 3.55. The summed E-state index contributed by atoms with van der Waals surface area (Å²) in [4.78, 5) is 21.4. The number of para-hydroxylation sites is 2. The summed E-state index contributed by atoms with van der Waals surface area (Å²) in [7, 11) is 0. The second kappa shape index (κ2) is 5.37. The standard InChI is InChI=1S/C15H13BrN4O/c1-9(2)20-14(10(16)7-18-20)15(21)13-8-17-11-5-3-4-6-12(11)19-13/h3-9H,1-2H3. The predicted molar refractivity (Wildman–Crippen MR) is 83.3 cm³/mol. The number of hydrogen-bond donors (Lipinski definition) is 0. The molecule has 106 valence electrons. The summed E-state index contributed by atoms with van der Waals surface area (Å²) < 4.78 is 2.35. The van der Waals surface area contributed by atoms with Gasteiger partial charge in [0.2, 0.25) is 5.78 Å². The van der Waals surface area contributed by atoms with Crippen molar-refractivity contribution < 1.29 is 4.79 Å². The van der Waals surface area contributed by atoms with Gasteiger partial charge in [-0.25, -0.2) is 4.98 Å². The minimum atomic E-state index is -0.189. The largest absolute Gasteiger partial charge is 0.285 e. The van der Waals surface area contributed by atoms with Crippen molar-refractivity contribution in [1.29, 1.82) is 0 Å². The fraction of sp³-hybridized carbons (Fsp3) is 0.200. The van der Waals surface area contributed by atoms with Gasteiger partial charge in [-0.15, -0.1) is 0 Å². The molecular weight excluding hydrogens is 332 g/mol. The maximum Gasteiger partial charge on any atom is 0.232 e. The van der Waals surface area contributed by atoms with Crippen LogP contribution in [-0.2, 0) is 0 Å². The van der Waals surface area contributed by atoms with Crippen LogP contribution in [0.15, 0.2) is 41.1 Å². The van der Waals surface area contributed by atoms with Gasteiger partial charge in [0, 0.05) is 6.04 Å². The number of hydrogen-bond acceptors (Lipinski definition) is 4. The topological polar surface area (TPSA) is 60.7 Å². The molecule has 6 heteroatoms. The fourth-order valence-electron chi connectivity index (χ4n) is 2.13. The van der Waals surface area contributed by atoms with E-state index in [-0.39, 0.29) is 11.8 Å². The van der Waals surface area contributed by atoms with E-state index >= 15 is 0 Å². The van der Waals surface area contributed by atoms with Crippen LogP contribution in [0, 0.1) is 0 Å². The van der Waals surface area contributed by atoms with Gasteiger partial charge in [0.05, 0.1) is 27.9 Å². The first kappa shape index (κ1) is 13.9. The summed E-state index contributed by atoms with van der Waals surface area (Å²) in [5.74, 6) is -0.189. The number of carbonyl (C=O) groups excluding carboxylic acids is 1. The zero-order valence-electron chi connectivity index (χ0n) is 11.6. The average molecular weight is 345 g/mol. The SMILES string of the molecule is CC(C)n1ncc(Br)c1C(=O)c1cnc2ccccc2n1. The summed E-state index contributed by atoms with van der Waals surface area (Å²) in [6, 6.07) is 7.56. The molecule has 0 aliphatic carbocycles. The normalized spacial score (nSPS) is 11.2. The number of halogens is 1. The minimum absolute atomic E-state index is 0.0867. The van der Waals surface area contributed by atoms with Crippen LogP contribution in [0.1, 0.15) is 36.1 Å². The van der Waals surface area contributed by atoms with Crippen molar-refractivity contribution in [2.24, 2.45) is 0 Å². The van der Waals surface area contributed by atoms with Crippen LogP contribution in [0.5, 0.6) is 0 Å². The van der Waals surface area contributed by atoms with Crippen molar-refractivity contribution in [3.05, 3.63) is 52.5 Å². The van der Waals surface area contributed by atoms with Gasteiger partial charge < -0.3 is 0 Å². The average Bonchev–Trinajstić information content (AvgIpc) is 2.88. The zero-order chi connectivity index (χ0) is 15.0. The third kappa shape index (κ3) is 2.47. The molecule has 0 spiro atoms. The maximum absolute atomic E-state index is 12.7. The van der Waals surface area contributed by atoms with E-state index in [0.717, 1.165) is 5.52 Å². The third-order valence-electron chi connectivity index (χ3n) is 3.14. The first-order valence-corrected chi connectivity index (χ1v) is 7.36. The van der Waals surface area contributed by atoms with Crippen LogP contribution in [0.2, 0.25) is 0 Å². The van der Waals surface area contributed by atoms with Gasteiger partial charge in [0.1, 0.15) is 11.4 Å². The summed E-state index contributed by atoms with van der Waals surface area (Å²) in [5.41, 5.74) is 2.28. The van der Waals surface area contributed by atoms with E-state index in [1.807, 2.05) is 38.1 Å². The molecule has 0 atom stereocenters. The third-order valence-corrected chi connectivity index (χ3v) is 3.72. The van der Waals surface area contributed by atoms with Gasteiger partial charge in [0.15, 0.2) is 0 Å². The van der Waals surface area contributed by atoms with E-state index in [0.29, 0.717) is 21.4 Å². The van der Waals surface area contributed by atoms with Crippen LogP contribution in [0.4, 0.5) is 0 Å². The van der Waals surface area contributed by atoms with E-state index in [1.165, 1.54) is 6.20 Å². The minimum Gasteiger partial charge on any atom is -0.285 e. The number of benzene rings is 1. The van der Waals surface area contributed by atoms with E-state index in [2.05, 4.69) is 31.0 Å². The summed E-state index contributed by atoms with van der Waals surface area (Å²) in [6.45, 7) is 3.95. The van der Waals surface area contributed by atoms with Crippen LogP contribution in [-0.4, -0.2) is 25.5 Å². The molecule has 1 aromatic carbocycles. The molecular formula is C15H13BrN4O. The summed E-state index contributed by atoms with van der Waals surface area (Å²) in [5, 5.41) is 4.22. The molecule has 0 saturated heterocycles. The van der Waals surface area contributed by atoms with E-state index in [1.54, 1.807) is 10.9 Å². The number of fused-ring (bicyclic) bond motifs is 1. The molecule has 0 bridgehead atoms. The molecule has 2 aromatic heterocycles. The maximum atomic E-state index is 12.7. The molecule has 0 aliphatic heterocycles. The molecule has 21 heavy (non-hydrogen) atoms. The van der Waals surface area contributed by atoms with Crippen molar-refractivity contribution in [3.8, 4) is 0 Å². The molecule has 0 saturated carbocycles. The molecule has 0 unspecified atom stereocenters. The summed E-state index contributed by atoms with van der Waals surface area (Å²) in [6.07, 6.45) is 3.14. The Bertz CT molecular complexity index is 825. The quantitative estimate of drug-likeness (QED) is 0.683. The molecule has 3 rings (SSSR count). The second-order valence-electron chi connectivity index (χ2n) is 4.95. The van der Waals surface area contributed by atoms with Crippen molar-refractivity contribution in [1.82, 2.24) is 19.7 Å². The highest BCUT2D eigenvalue weighted by Gasteiger charge is 2.21. The Morgan fingerprint density at radius 3 is 2.62 bits per heavy atom. The van der Waals surface area contributed by atoms with Gasteiger partial charge in [-0.05, 0) is 41.9 Å². The molecule has 3 aromatic rings. The Balaban J connectivity index is 2.10. The van der Waals surface area contributed by atoms with Crippen molar-refractivity contribution in [3.63, 3.8) is 0 Å². The van der Waals surface area contributed by atoms with Gasteiger partial charge in [-0.3, -0.25) is 14.5 Å². The molecule has 5 nitrogen and oxygen atoms in total. The first-order valence-electron chi connectivity index (χ1n) is 6.57. The van der Waals surface area contributed by atoms with Gasteiger partial charge in [-0.2, -0.15) is 5.10 Å². The molecule has 0 N–H and O–H groups in total. The van der Waals surface area contributed by atoms with E-state index < -0.39 is 0 Å². The lowest BCUT2D eigenvalue weighted by atomic mass is 10.2. The first-order chi connectivity index (χ1) is 10.1. The molecule has 2 heterocycles. The Hall–Kier alpha value is -2.08. The Morgan fingerprint density at radius 1 is 1.19 bits per heavy atom. The zero-order valence-corrected chi connectivity index (χ0v) is 13.2. The van der Waals surface area contributed by atoms with Crippen molar-refractivity contribution in [2.45, 2.75) is 19.9 Å². The number of nitrogens with zero attached hydrogens (tertiary/aromatic N) is 4. The molecule has 0 aliphatic rings. The number of ketones is 1. The predicted octanol–water partition coefficient (Wildman–Crippen LogP) is 3.40. The van der Waals surface area contributed by atoms with Gasteiger partial charge in [0.25, 0.3) is 0 Å². The number of carbonyl (C=O) groups is 1. The smallest absolute Gasteiger partial charge is 0.232 e. The number of aromatic nitrogens is 4. The lowest BCUT2D eigenvalue weighted by molar-refractivity contribution is 0.102. The monoisotopic (exact) mass is 344 g/mol. The van der Waals surface area contributed by atoms with Crippen LogP contribution >= 0.6 is 15.9 Å². The Labute approximate surface area is 130 Å². The highest BCUT2D eigenvalue weighted by Crippen LogP contribution is 2.22. The molecule has 0 fully saturated rings. The summed E-state index contributed by atoms with van der Waals surface area (Å²) >= 11 is 3.38. The van der Waals surface area contributed by atoms with Crippen molar-refractivity contribution >= 4 is 32.7 Å². The van der Waals surface area contributed by atoms with Gasteiger partial charge >= 0.3 is 0 Å².